The summed E-state index contributed by atoms with van der Waals surface area (Å²) < 4.78 is 0. The number of hydrogen-bond donors (Lipinski definition) is 1. The Bertz CT molecular complexity index is 442. The molecule has 3 heteroatoms. The Hall–Kier alpha value is -0.900. The second-order valence-corrected chi connectivity index (χ2v) is 7.26. The van der Waals surface area contributed by atoms with Gasteiger partial charge in [-0.1, -0.05) is 43.2 Å². The van der Waals surface area contributed by atoms with E-state index < -0.39 is 0 Å². The molecule has 0 amide bonds. The molecule has 0 radical (unpaired) electrons. The number of nitrogens with zero attached hydrogens (tertiary/aromatic N) is 2. The Kier molecular flexibility index (Phi) is 6.49. The maximum atomic E-state index is 10.6. The first kappa shape index (κ1) is 16.9. The lowest BCUT2D eigenvalue weighted by molar-refractivity contribution is -0.0122. The van der Waals surface area contributed by atoms with Crippen molar-refractivity contribution in [1.82, 2.24) is 9.80 Å². The van der Waals surface area contributed by atoms with Gasteiger partial charge in [0, 0.05) is 12.6 Å². The van der Waals surface area contributed by atoms with Gasteiger partial charge in [-0.15, -0.1) is 0 Å². The first-order valence-electron chi connectivity index (χ1n) is 9.51. The van der Waals surface area contributed by atoms with Gasteiger partial charge >= 0.3 is 0 Å². The van der Waals surface area contributed by atoms with Crippen LogP contribution in [0.2, 0.25) is 0 Å². The maximum Gasteiger partial charge on any atom is 0.0822 e. The van der Waals surface area contributed by atoms with Crippen molar-refractivity contribution in [3.63, 3.8) is 0 Å². The number of aliphatic hydroxyl groups is 1. The molecule has 0 bridgehead atoms. The summed E-state index contributed by atoms with van der Waals surface area (Å²) in [5.74, 6) is 0. The highest BCUT2D eigenvalue weighted by molar-refractivity contribution is 5.14. The number of benzene rings is 1. The molecule has 1 aromatic rings. The van der Waals surface area contributed by atoms with E-state index in [2.05, 4.69) is 40.1 Å². The van der Waals surface area contributed by atoms with E-state index >= 15 is 0 Å². The van der Waals surface area contributed by atoms with Gasteiger partial charge in [-0.25, -0.2) is 0 Å². The van der Waals surface area contributed by atoms with Crippen LogP contribution in [0.25, 0.3) is 0 Å². The third kappa shape index (κ3) is 5.03. The number of β-amino-alcohol motifs (C(OH)–C–C–N with tert-alkyl or cyclic N) is 1. The third-order valence-corrected chi connectivity index (χ3v) is 5.52. The number of hydrogen-bond acceptors (Lipinski definition) is 3. The Morgan fingerprint density at radius 3 is 2.39 bits per heavy atom. The molecule has 1 aromatic carbocycles. The van der Waals surface area contributed by atoms with Gasteiger partial charge in [0.1, 0.15) is 0 Å². The van der Waals surface area contributed by atoms with E-state index in [1.807, 2.05) is 0 Å². The van der Waals surface area contributed by atoms with Crippen molar-refractivity contribution in [1.29, 1.82) is 0 Å². The van der Waals surface area contributed by atoms with Gasteiger partial charge in [0.15, 0.2) is 0 Å². The Balaban J connectivity index is 1.41. The molecule has 2 atom stereocenters. The monoisotopic (exact) mass is 316 g/mol. The fourth-order valence-electron chi connectivity index (χ4n) is 4.19. The largest absolute Gasteiger partial charge is 0.390 e. The van der Waals surface area contributed by atoms with Crippen LogP contribution in [0, 0.1) is 0 Å². The van der Waals surface area contributed by atoms with E-state index in [0.29, 0.717) is 6.04 Å². The predicted molar refractivity (Wildman–Crippen MR) is 95.7 cm³/mol. The molecule has 2 saturated heterocycles. The Morgan fingerprint density at radius 1 is 0.957 bits per heavy atom. The van der Waals surface area contributed by atoms with Crippen molar-refractivity contribution >= 4 is 0 Å². The topological polar surface area (TPSA) is 26.7 Å². The summed E-state index contributed by atoms with van der Waals surface area (Å²) in [6.45, 7) is 5.49. The predicted octanol–water partition coefficient (Wildman–Crippen LogP) is 2.93. The smallest absolute Gasteiger partial charge is 0.0822 e. The van der Waals surface area contributed by atoms with Crippen molar-refractivity contribution in [3.05, 3.63) is 35.9 Å². The summed E-state index contributed by atoms with van der Waals surface area (Å²) >= 11 is 0. The summed E-state index contributed by atoms with van der Waals surface area (Å²) in [6.07, 6.45) is 8.64. The minimum atomic E-state index is -0.168. The van der Waals surface area contributed by atoms with Crippen molar-refractivity contribution in [2.24, 2.45) is 0 Å². The summed E-state index contributed by atoms with van der Waals surface area (Å²) in [5, 5.41) is 10.6. The lowest BCUT2D eigenvalue weighted by atomic mass is 9.99. The fourth-order valence-corrected chi connectivity index (χ4v) is 4.19. The second kappa shape index (κ2) is 8.81. The lowest BCUT2D eigenvalue weighted by Gasteiger charge is -2.41. The molecule has 128 valence electrons. The van der Waals surface area contributed by atoms with Crippen LogP contribution in [-0.4, -0.2) is 59.8 Å². The van der Waals surface area contributed by atoms with Crippen molar-refractivity contribution < 1.29 is 5.11 Å². The van der Waals surface area contributed by atoms with Gasteiger partial charge in [-0.3, -0.25) is 4.90 Å². The SMILES string of the molecule is O[C@@H]1CN(CCCc2ccccc2)CC[C@H]1N1CCCCCC1. The molecule has 3 rings (SSSR count). The van der Waals surface area contributed by atoms with E-state index in [9.17, 15) is 5.11 Å². The van der Waals surface area contributed by atoms with Gasteiger partial charge in [-0.2, -0.15) is 0 Å². The fraction of sp³-hybridized carbons (Fsp3) is 0.700. The van der Waals surface area contributed by atoms with Gasteiger partial charge in [0.25, 0.3) is 0 Å². The molecule has 2 fully saturated rings. The van der Waals surface area contributed by atoms with Gasteiger partial charge in [-0.05, 0) is 63.8 Å². The second-order valence-electron chi connectivity index (χ2n) is 7.26. The lowest BCUT2D eigenvalue weighted by Crippen LogP contribution is -2.54. The van der Waals surface area contributed by atoms with Crippen LogP contribution < -0.4 is 0 Å². The van der Waals surface area contributed by atoms with E-state index in [0.717, 1.165) is 32.5 Å². The molecule has 0 spiro atoms. The van der Waals surface area contributed by atoms with Crippen LogP contribution in [0.15, 0.2) is 30.3 Å². The van der Waals surface area contributed by atoms with Gasteiger partial charge in [0.2, 0.25) is 0 Å². The summed E-state index contributed by atoms with van der Waals surface area (Å²) in [5.41, 5.74) is 1.42. The van der Waals surface area contributed by atoms with Crippen LogP contribution in [0.3, 0.4) is 0 Å². The summed E-state index contributed by atoms with van der Waals surface area (Å²) in [4.78, 5) is 5.03. The molecule has 2 aliphatic heterocycles. The third-order valence-electron chi connectivity index (χ3n) is 5.52. The highest BCUT2D eigenvalue weighted by atomic mass is 16.3. The number of piperidine rings is 1. The van der Waals surface area contributed by atoms with Crippen LogP contribution >= 0.6 is 0 Å². The zero-order chi connectivity index (χ0) is 15.9. The first-order valence-corrected chi connectivity index (χ1v) is 9.51. The van der Waals surface area contributed by atoms with Crippen molar-refractivity contribution in [2.75, 3.05) is 32.7 Å². The maximum absolute atomic E-state index is 10.6. The molecule has 0 unspecified atom stereocenters. The Labute approximate surface area is 141 Å². The molecular formula is C20H32N2O. The highest BCUT2D eigenvalue weighted by Crippen LogP contribution is 2.21. The molecular weight excluding hydrogens is 284 g/mol. The highest BCUT2D eigenvalue weighted by Gasteiger charge is 2.31. The zero-order valence-corrected chi connectivity index (χ0v) is 14.4. The first-order chi connectivity index (χ1) is 11.3. The van der Waals surface area contributed by atoms with Crippen LogP contribution in [0.5, 0.6) is 0 Å². The summed E-state index contributed by atoms with van der Waals surface area (Å²) in [6, 6.07) is 11.1. The molecule has 0 aliphatic carbocycles. The summed E-state index contributed by atoms with van der Waals surface area (Å²) in [7, 11) is 0. The van der Waals surface area contributed by atoms with Gasteiger partial charge < -0.3 is 10.0 Å². The average Bonchev–Trinajstić information content (AvgIpc) is 2.85. The van der Waals surface area contributed by atoms with Gasteiger partial charge in [0.05, 0.1) is 6.10 Å². The quantitative estimate of drug-likeness (QED) is 0.905. The molecule has 0 aromatic heterocycles. The molecule has 0 saturated carbocycles. The number of likely N-dealkylation sites (tertiary alicyclic amines) is 2. The molecule has 1 N–H and O–H groups in total. The molecule has 2 heterocycles. The van der Waals surface area contributed by atoms with E-state index in [4.69, 9.17) is 0 Å². The van der Waals surface area contributed by atoms with Crippen LogP contribution in [-0.2, 0) is 6.42 Å². The average molecular weight is 316 g/mol. The van der Waals surface area contributed by atoms with E-state index in [1.54, 1.807) is 0 Å². The number of rotatable bonds is 5. The minimum absolute atomic E-state index is 0.168. The van der Waals surface area contributed by atoms with E-state index in [1.165, 1.54) is 50.8 Å². The molecule has 2 aliphatic rings. The molecule has 23 heavy (non-hydrogen) atoms. The van der Waals surface area contributed by atoms with Crippen LogP contribution in [0.1, 0.15) is 44.1 Å². The van der Waals surface area contributed by atoms with Crippen LogP contribution in [0.4, 0.5) is 0 Å². The number of aryl methyl sites for hydroxylation is 1. The van der Waals surface area contributed by atoms with E-state index in [-0.39, 0.29) is 6.10 Å². The Morgan fingerprint density at radius 2 is 1.70 bits per heavy atom. The zero-order valence-electron chi connectivity index (χ0n) is 14.4. The van der Waals surface area contributed by atoms with Crippen molar-refractivity contribution in [2.45, 2.75) is 57.1 Å². The van der Waals surface area contributed by atoms with Crippen molar-refractivity contribution in [3.8, 4) is 0 Å². The standard InChI is InChI=1S/C20H32N2O/c23-20-17-21(13-8-11-18-9-4-3-5-10-18)16-12-19(20)22-14-6-1-2-7-15-22/h3-5,9-10,19-20,23H,1-2,6-8,11-17H2/t19-,20-/m1/s1. The minimum Gasteiger partial charge on any atom is -0.390 e. The normalized spacial score (nSPS) is 27.7. The molecule has 3 nitrogen and oxygen atoms in total. The number of aliphatic hydroxyl groups excluding tert-OH is 1.